The molecule has 2 atom stereocenters. The van der Waals surface area contributed by atoms with Crippen molar-refractivity contribution >= 4 is 27.4 Å². The third-order valence-corrected chi connectivity index (χ3v) is 4.59. The average molecular weight is 262 g/mol. The fourth-order valence-corrected chi connectivity index (χ4v) is 3.77. The quantitative estimate of drug-likeness (QED) is 0.856. The fraction of sp³-hybridized carbons (Fsp3) is 0.538. The van der Waals surface area contributed by atoms with E-state index in [4.69, 9.17) is 5.73 Å². The van der Waals surface area contributed by atoms with Crippen molar-refractivity contribution in [2.24, 2.45) is 11.7 Å². The van der Waals surface area contributed by atoms with Gasteiger partial charge in [-0.25, -0.2) is 9.97 Å². The van der Waals surface area contributed by atoms with E-state index in [1.165, 1.54) is 10.3 Å². The lowest BCUT2D eigenvalue weighted by Crippen LogP contribution is -2.46. The molecule has 4 nitrogen and oxygen atoms in total. The predicted molar refractivity (Wildman–Crippen MR) is 76.1 cm³/mol. The van der Waals surface area contributed by atoms with Crippen LogP contribution in [-0.4, -0.2) is 29.1 Å². The zero-order chi connectivity index (χ0) is 12.7. The maximum Gasteiger partial charge on any atom is 0.150 e. The van der Waals surface area contributed by atoms with Gasteiger partial charge in [0, 0.05) is 19.1 Å². The fourth-order valence-electron chi connectivity index (χ4n) is 2.75. The van der Waals surface area contributed by atoms with Crippen LogP contribution in [0.25, 0.3) is 10.2 Å². The second-order valence-corrected chi connectivity index (χ2v) is 6.18. The van der Waals surface area contributed by atoms with Gasteiger partial charge in [0.15, 0.2) is 0 Å². The van der Waals surface area contributed by atoms with Gasteiger partial charge in [-0.1, -0.05) is 6.92 Å². The lowest BCUT2D eigenvalue weighted by molar-refractivity contribution is 0.400. The second-order valence-electron chi connectivity index (χ2n) is 5.30. The first-order valence-electron chi connectivity index (χ1n) is 6.34. The second kappa shape index (κ2) is 4.48. The molecule has 1 aliphatic heterocycles. The molecule has 5 heteroatoms. The summed E-state index contributed by atoms with van der Waals surface area (Å²) in [4.78, 5) is 11.2. The predicted octanol–water partition coefficient (Wildman–Crippen LogP) is 2.17. The molecule has 3 rings (SSSR count). The number of rotatable bonds is 1. The Labute approximate surface area is 111 Å². The molecule has 2 N–H and O–H groups in total. The Hall–Kier alpha value is -1.20. The van der Waals surface area contributed by atoms with Gasteiger partial charge in [0.2, 0.25) is 0 Å². The molecule has 96 valence electrons. The number of piperidine rings is 1. The Morgan fingerprint density at radius 1 is 1.39 bits per heavy atom. The maximum atomic E-state index is 6.12. The third-order valence-electron chi connectivity index (χ3n) is 3.50. The number of fused-ring (bicyclic) bond motifs is 1. The topological polar surface area (TPSA) is 55.0 Å². The lowest BCUT2D eigenvalue weighted by Gasteiger charge is -2.35. The van der Waals surface area contributed by atoms with E-state index in [1.54, 1.807) is 17.7 Å². The van der Waals surface area contributed by atoms with E-state index in [-0.39, 0.29) is 6.04 Å². The van der Waals surface area contributed by atoms with Gasteiger partial charge in [-0.05, 0) is 30.2 Å². The monoisotopic (exact) mass is 262 g/mol. The van der Waals surface area contributed by atoms with Gasteiger partial charge in [-0.2, -0.15) is 0 Å². The maximum absolute atomic E-state index is 6.12. The lowest BCUT2D eigenvalue weighted by atomic mass is 9.96. The van der Waals surface area contributed by atoms with Crippen molar-refractivity contribution in [1.82, 2.24) is 9.97 Å². The average Bonchev–Trinajstić information content (AvgIpc) is 2.70. The summed E-state index contributed by atoms with van der Waals surface area (Å²) in [6.07, 6.45) is 2.77. The Kier molecular flexibility index (Phi) is 2.95. The highest BCUT2D eigenvalue weighted by Crippen LogP contribution is 2.32. The van der Waals surface area contributed by atoms with Crippen LogP contribution in [-0.2, 0) is 0 Å². The van der Waals surface area contributed by atoms with E-state index < -0.39 is 0 Å². The summed E-state index contributed by atoms with van der Waals surface area (Å²) in [5, 5.41) is 2.15. The summed E-state index contributed by atoms with van der Waals surface area (Å²) in [5.41, 5.74) is 8.43. The molecular weight excluding hydrogens is 244 g/mol. The third kappa shape index (κ3) is 1.97. The van der Waals surface area contributed by atoms with Crippen molar-refractivity contribution in [3.63, 3.8) is 0 Å². The highest BCUT2D eigenvalue weighted by Gasteiger charge is 2.25. The number of thiophene rings is 1. The van der Waals surface area contributed by atoms with E-state index in [0.29, 0.717) is 5.92 Å². The van der Waals surface area contributed by atoms with Crippen LogP contribution in [0, 0.1) is 12.8 Å². The van der Waals surface area contributed by atoms with Crippen molar-refractivity contribution in [2.75, 3.05) is 18.0 Å². The molecule has 2 unspecified atom stereocenters. The van der Waals surface area contributed by atoms with Gasteiger partial charge in [-0.15, -0.1) is 11.3 Å². The van der Waals surface area contributed by atoms with E-state index in [9.17, 15) is 0 Å². The van der Waals surface area contributed by atoms with Gasteiger partial charge >= 0.3 is 0 Å². The summed E-state index contributed by atoms with van der Waals surface area (Å²) < 4.78 is 1.19. The molecule has 2 aromatic rings. The molecule has 0 bridgehead atoms. The van der Waals surface area contributed by atoms with Crippen molar-refractivity contribution in [2.45, 2.75) is 26.3 Å². The van der Waals surface area contributed by atoms with Crippen LogP contribution in [0.15, 0.2) is 11.7 Å². The molecule has 1 aliphatic rings. The minimum atomic E-state index is 0.250. The molecular formula is C13H18N4S. The largest absolute Gasteiger partial charge is 0.354 e. The molecule has 0 aromatic carbocycles. The standard InChI is InChI=1S/C13H18N4S/c1-8-3-10(14)5-17(4-8)13-12-11(15-7-16-13)9(2)6-18-12/h6-8,10H,3-5,14H2,1-2H3. The Morgan fingerprint density at radius 3 is 3.00 bits per heavy atom. The Morgan fingerprint density at radius 2 is 2.22 bits per heavy atom. The molecule has 3 heterocycles. The van der Waals surface area contributed by atoms with Crippen LogP contribution >= 0.6 is 11.3 Å². The summed E-state index contributed by atoms with van der Waals surface area (Å²) in [6, 6.07) is 0.250. The minimum Gasteiger partial charge on any atom is -0.354 e. The zero-order valence-electron chi connectivity index (χ0n) is 10.8. The number of anilines is 1. The first-order chi connectivity index (χ1) is 8.65. The van der Waals surface area contributed by atoms with Crippen LogP contribution in [0.4, 0.5) is 5.82 Å². The van der Waals surface area contributed by atoms with E-state index in [1.807, 2.05) is 0 Å². The van der Waals surface area contributed by atoms with Crippen molar-refractivity contribution in [1.29, 1.82) is 0 Å². The molecule has 0 spiro atoms. The first-order valence-corrected chi connectivity index (χ1v) is 7.22. The SMILES string of the molecule is Cc1csc2c(N3CC(C)CC(N)C3)ncnc12. The number of nitrogens with zero attached hydrogens (tertiary/aromatic N) is 3. The Balaban J connectivity index is 2.03. The summed E-state index contributed by atoms with van der Waals surface area (Å²) in [5.74, 6) is 1.68. The van der Waals surface area contributed by atoms with Gasteiger partial charge in [0.05, 0.1) is 10.2 Å². The number of hydrogen-bond acceptors (Lipinski definition) is 5. The smallest absolute Gasteiger partial charge is 0.150 e. The summed E-state index contributed by atoms with van der Waals surface area (Å²) >= 11 is 1.73. The molecule has 0 saturated carbocycles. The highest BCUT2D eigenvalue weighted by atomic mass is 32.1. The van der Waals surface area contributed by atoms with E-state index in [0.717, 1.165) is 30.8 Å². The molecule has 1 saturated heterocycles. The normalized spacial score (nSPS) is 24.7. The van der Waals surface area contributed by atoms with E-state index in [2.05, 4.69) is 34.1 Å². The van der Waals surface area contributed by atoms with Crippen LogP contribution in [0.3, 0.4) is 0 Å². The zero-order valence-corrected chi connectivity index (χ0v) is 11.6. The Bertz CT molecular complexity index is 555. The number of nitrogens with two attached hydrogens (primary N) is 1. The van der Waals surface area contributed by atoms with Gasteiger partial charge < -0.3 is 10.6 Å². The minimum absolute atomic E-state index is 0.250. The number of aryl methyl sites for hydroxylation is 1. The molecule has 1 fully saturated rings. The van der Waals surface area contributed by atoms with Gasteiger partial charge in [0.25, 0.3) is 0 Å². The van der Waals surface area contributed by atoms with Crippen molar-refractivity contribution in [3.8, 4) is 0 Å². The molecule has 18 heavy (non-hydrogen) atoms. The number of hydrogen-bond donors (Lipinski definition) is 1. The first kappa shape index (κ1) is 11.9. The molecule has 0 aliphatic carbocycles. The molecule has 0 radical (unpaired) electrons. The summed E-state index contributed by atoms with van der Waals surface area (Å²) in [7, 11) is 0. The van der Waals surface area contributed by atoms with Gasteiger partial charge in [-0.3, -0.25) is 0 Å². The number of aromatic nitrogens is 2. The molecule has 2 aromatic heterocycles. The van der Waals surface area contributed by atoms with Crippen LogP contribution in [0.1, 0.15) is 18.9 Å². The van der Waals surface area contributed by atoms with Crippen LogP contribution in [0.2, 0.25) is 0 Å². The van der Waals surface area contributed by atoms with Crippen LogP contribution < -0.4 is 10.6 Å². The van der Waals surface area contributed by atoms with Gasteiger partial charge in [0.1, 0.15) is 12.1 Å². The van der Waals surface area contributed by atoms with Crippen molar-refractivity contribution in [3.05, 3.63) is 17.3 Å². The van der Waals surface area contributed by atoms with Crippen molar-refractivity contribution < 1.29 is 0 Å². The highest BCUT2D eigenvalue weighted by molar-refractivity contribution is 7.18. The van der Waals surface area contributed by atoms with E-state index >= 15 is 0 Å². The summed E-state index contributed by atoms with van der Waals surface area (Å²) in [6.45, 7) is 6.29. The van der Waals surface area contributed by atoms with Crippen LogP contribution in [0.5, 0.6) is 0 Å². The molecule has 0 amide bonds.